The SMILES string of the molecule is CCCNCc1sc(COCCC)nc1-c1ccccc1. The van der Waals surface area contributed by atoms with E-state index < -0.39 is 0 Å². The van der Waals surface area contributed by atoms with Crippen molar-refractivity contribution in [1.29, 1.82) is 0 Å². The van der Waals surface area contributed by atoms with Gasteiger partial charge in [-0.05, 0) is 19.4 Å². The Labute approximate surface area is 131 Å². The van der Waals surface area contributed by atoms with E-state index in [0.29, 0.717) is 6.61 Å². The highest BCUT2D eigenvalue weighted by Gasteiger charge is 2.12. The molecule has 1 aromatic heterocycles. The molecule has 0 amide bonds. The minimum atomic E-state index is 0.617. The molecule has 3 nitrogen and oxygen atoms in total. The molecule has 0 fully saturated rings. The zero-order valence-corrected chi connectivity index (χ0v) is 13.7. The lowest BCUT2D eigenvalue weighted by molar-refractivity contribution is 0.121. The van der Waals surface area contributed by atoms with E-state index in [2.05, 4.69) is 43.4 Å². The Morgan fingerprint density at radius 2 is 1.95 bits per heavy atom. The first-order chi connectivity index (χ1) is 10.3. The van der Waals surface area contributed by atoms with Crippen LogP contribution in [0.3, 0.4) is 0 Å². The lowest BCUT2D eigenvalue weighted by atomic mass is 10.1. The van der Waals surface area contributed by atoms with Gasteiger partial charge in [0.1, 0.15) is 5.01 Å². The van der Waals surface area contributed by atoms with E-state index in [1.165, 1.54) is 10.4 Å². The second-order valence-electron chi connectivity index (χ2n) is 4.97. The Kier molecular flexibility index (Phi) is 6.86. The van der Waals surface area contributed by atoms with Crippen molar-refractivity contribution in [3.05, 3.63) is 40.2 Å². The molecular weight excluding hydrogens is 280 g/mol. The number of aromatic nitrogens is 1. The number of nitrogens with zero attached hydrogens (tertiary/aromatic N) is 1. The third kappa shape index (κ3) is 4.92. The number of benzene rings is 1. The van der Waals surface area contributed by atoms with Gasteiger partial charge in [0, 0.05) is 23.6 Å². The first-order valence-electron chi connectivity index (χ1n) is 7.67. The van der Waals surface area contributed by atoms with Crippen LogP contribution < -0.4 is 5.32 Å². The third-order valence-corrected chi connectivity index (χ3v) is 4.10. The van der Waals surface area contributed by atoms with Crippen molar-refractivity contribution in [2.24, 2.45) is 0 Å². The zero-order chi connectivity index (χ0) is 14.9. The van der Waals surface area contributed by atoms with Gasteiger partial charge in [0.25, 0.3) is 0 Å². The van der Waals surface area contributed by atoms with E-state index >= 15 is 0 Å². The Morgan fingerprint density at radius 3 is 2.67 bits per heavy atom. The molecule has 2 rings (SSSR count). The molecule has 0 radical (unpaired) electrons. The topological polar surface area (TPSA) is 34.1 Å². The summed E-state index contributed by atoms with van der Waals surface area (Å²) in [5.74, 6) is 0. The summed E-state index contributed by atoms with van der Waals surface area (Å²) in [6.07, 6.45) is 2.19. The van der Waals surface area contributed by atoms with Crippen LogP contribution in [0.25, 0.3) is 11.3 Å². The average molecular weight is 304 g/mol. The molecule has 0 saturated carbocycles. The summed E-state index contributed by atoms with van der Waals surface area (Å²) in [5, 5.41) is 4.54. The molecule has 1 heterocycles. The van der Waals surface area contributed by atoms with Gasteiger partial charge in [-0.3, -0.25) is 0 Å². The average Bonchev–Trinajstić information content (AvgIpc) is 2.92. The van der Waals surface area contributed by atoms with Crippen LogP contribution in [-0.4, -0.2) is 18.1 Å². The molecule has 21 heavy (non-hydrogen) atoms. The van der Waals surface area contributed by atoms with E-state index in [-0.39, 0.29) is 0 Å². The summed E-state index contributed by atoms with van der Waals surface area (Å²) in [7, 11) is 0. The number of thiazole rings is 1. The molecule has 0 aliphatic rings. The minimum Gasteiger partial charge on any atom is -0.374 e. The van der Waals surface area contributed by atoms with Gasteiger partial charge in [-0.15, -0.1) is 11.3 Å². The maximum atomic E-state index is 5.63. The first kappa shape index (κ1) is 16.1. The summed E-state index contributed by atoms with van der Waals surface area (Å²) < 4.78 is 5.63. The highest BCUT2D eigenvalue weighted by Crippen LogP contribution is 2.28. The standard InChI is InChI=1S/C17H24N2OS/c1-3-10-18-12-15-17(14-8-6-5-7-9-14)19-16(21-15)13-20-11-4-2/h5-9,18H,3-4,10-13H2,1-2H3. The Hall–Kier alpha value is -1.23. The molecule has 0 bridgehead atoms. The summed E-state index contributed by atoms with van der Waals surface area (Å²) >= 11 is 1.76. The minimum absolute atomic E-state index is 0.617. The van der Waals surface area contributed by atoms with Gasteiger partial charge in [0.15, 0.2) is 0 Å². The lowest BCUT2D eigenvalue weighted by Gasteiger charge is -2.03. The summed E-state index contributed by atoms with van der Waals surface area (Å²) in [6, 6.07) is 10.4. The monoisotopic (exact) mass is 304 g/mol. The van der Waals surface area contributed by atoms with Gasteiger partial charge in [-0.1, -0.05) is 44.2 Å². The van der Waals surface area contributed by atoms with E-state index in [1.54, 1.807) is 11.3 Å². The molecular formula is C17H24N2OS. The summed E-state index contributed by atoms with van der Waals surface area (Å²) in [5.41, 5.74) is 2.28. The molecule has 0 atom stereocenters. The van der Waals surface area contributed by atoms with E-state index in [1.807, 2.05) is 6.07 Å². The van der Waals surface area contributed by atoms with Crippen molar-refractivity contribution in [3.63, 3.8) is 0 Å². The predicted molar refractivity (Wildman–Crippen MR) is 89.5 cm³/mol. The predicted octanol–water partition coefficient (Wildman–Crippen LogP) is 4.24. The van der Waals surface area contributed by atoms with Crippen LogP contribution in [0.5, 0.6) is 0 Å². The van der Waals surface area contributed by atoms with Gasteiger partial charge >= 0.3 is 0 Å². The summed E-state index contributed by atoms with van der Waals surface area (Å²) in [6.45, 7) is 7.63. The maximum absolute atomic E-state index is 5.63. The first-order valence-corrected chi connectivity index (χ1v) is 8.49. The smallest absolute Gasteiger partial charge is 0.119 e. The fourth-order valence-corrected chi connectivity index (χ4v) is 3.08. The molecule has 1 aromatic carbocycles. The second-order valence-corrected chi connectivity index (χ2v) is 6.14. The van der Waals surface area contributed by atoms with E-state index in [4.69, 9.17) is 9.72 Å². The van der Waals surface area contributed by atoms with Crippen molar-refractivity contribution in [1.82, 2.24) is 10.3 Å². The molecule has 0 spiro atoms. The van der Waals surface area contributed by atoms with Crippen molar-refractivity contribution >= 4 is 11.3 Å². The Balaban J connectivity index is 2.15. The highest BCUT2D eigenvalue weighted by atomic mass is 32.1. The highest BCUT2D eigenvalue weighted by molar-refractivity contribution is 7.12. The van der Waals surface area contributed by atoms with Crippen LogP contribution in [0.2, 0.25) is 0 Å². The quantitative estimate of drug-likeness (QED) is 0.704. The van der Waals surface area contributed by atoms with Crippen molar-refractivity contribution in [2.75, 3.05) is 13.2 Å². The maximum Gasteiger partial charge on any atom is 0.119 e. The number of rotatable bonds is 9. The van der Waals surface area contributed by atoms with Gasteiger partial charge < -0.3 is 10.1 Å². The Morgan fingerprint density at radius 1 is 1.14 bits per heavy atom. The fourth-order valence-electron chi connectivity index (χ4n) is 2.09. The van der Waals surface area contributed by atoms with Crippen LogP contribution in [-0.2, 0) is 17.9 Å². The molecule has 114 valence electrons. The lowest BCUT2D eigenvalue weighted by Crippen LogP contribution is -2.13. The van der Waals surface area contributed by atoms with Gasteiger partial charge in [-0.25, -0.2) is 4.98 Å². The molecule has 0 aliphatic carbocycles. The van der Waals surface area contributed by atoms with Crippen LogP contribution in [0, 0.1) is 0 Å². The van der Waals surface area contributed by atoms with Crippen LogP contribution in [0.15, 0.2) is 30.3 Å². The summed E-state index contributed by atoms with van der Waals surface area (Å²) in [4.78, 5) is 6.08. The van der Waals surface area contributed by atoms with Crippen molar-refractivity contribution < 1.29 is 4.74 Å². The van der Waals surface area contributed by atoms with E-state index in [0.717, 1.165) is 43.2 Å². The van der Waals surface area contributed by atoms with Crippen LogP contribution in [0.4, 0.5) is 0 Å². The second kappa shape index (κ2) is 8.93. The zero-order valence-electron chi connectivity index (χ0n) is 12.9. The van der Waals surface area contributed by atoms with Gasteiger partial charge in [-0.2, -0.15) is 0 Å². The van der Waals surface area contributed by atoms with E-state index in [9.17, 15) is 0 Å². The van der Waals surface area contributed by atoms with Crippen molar-refractivity contribution in [2.45, 2.75) is 39.8 Å². The third-order valence-electron chi connectivity index (χ3n) is 3.08. The normalized spacial score (nSPS) is 11.0. The Bertz CT molecular complexity index is 525. The molecule has 0 unspecified atom stereocenters. The molecule has 0 aliphatic heterocycles. The number of hydrogen-bond acceptors (Lipinski definition) is 4. The molecule has 1 N–H and O–H groups in total. The van der Waals surface area contributed by atoms with Gasteiger partial charge in [0.2, 0.25) is 0 Å². The molecule has 2 aromatic rings. The number of hydrogen-bond donors (Lipinski definition) is 1. The largest absolute Gasteiger partial charge is 0.374 e. The van der Waals surface area contributed by atoms with Gasteiger partial charge in [0.05, 0.1) is 12.3 Å². The van der Waals surface area contributed by atoms with Crippen LogP contribution >= 0.6 is 11.3 Å². The molecule has 0 saturated heterocycles. The van der Waals surface area contributed by atoms with Crippen LogP contribution in [0.1, 0.15) is 36.6 Å². The van der Waals surface area contributed by atoms with Crippen molar-refractivity contribution in [3.8, 4) is 11.3 Å². The number of ether oxygens (including phenoxy) is 1. The fraction of sp³-hybridized carbons (Fsp3) is 0.471. The number of nitrogens with one attached hydrogen (secondary N) is 1. The molecule has 4 heteroatoms.